The summed E-state index contributed by atoms with van der Waals surface area (Å²) >= 11 is 0. The molecule has 0 saturated carbocycles. The van der Waals surface area contributed by atoms with E-state index in [2.05, 4.69) is 103 Å². The van der Waals surface area contributed by atoms with Crippen molar-refractivity contribution in [3.8, 4) is 45.3 Å². The van der Waals surface area contributed by atoms with Gasteiger partial charge in [0.2, 0.25) is 0 Å². The van der Waals surface area contributed by atoms with E-state index in [0.29, 0.717) is 0 Å². The van der Waals surface area contributed by atoms with E-state index in [1.54, 1.807) is 0 Å². The number of hydrogen-bond acceptors (Lipinski definition) is 2. The summed E-state index contributed by atoms with van der Waals surface area (Å²) in [6.07, 6.45) is 0. The minimum absolute atomic E-state index is 0.731. The van der Waals surface area contributed by atoms with Crippen molar-refractivity contribution in [2.75, 3.05) is 0 Å². The maximum atomic E-state index is 6.25. The van der Waals surface area contributed by atoms with E-state index in [1.165, 1.54) is 49.0 Å². The van der Waals surface area contributed by atoms with Crippen LogP contribution in [0.25, 0.3) is 54.6 Å². The lowest BCUT2D eigenvalue weighted by Crippen LogP contribution is -1.98. The molecule has 7 aromatic carbocycles. The van der Waals surface area contributed by atoms with Gasteiger partial charge in [0.1, 0.15) is 0 Å². The van der Waals surface area contributed by atoms with Crippen molar-refractivity contribution in [2.45, 2.75) is 0 Å². The average molecular weight is 487 g/mol. The molecular weight excluding hydrogens is 464 g/mol. The Morgan fingerprint density at radius 1 is 0.289 bits per heavy atom. The molecule has 38 heavy (non-hydrogen) atoms. The first kappa shape index (κ1) is 21.0. The topological polar surface area (TPSA) is 18.5 Å². The van der Waals surface area contributed by atoms with Gasteiger partial charge in [0.15, 0.2) is 23.0 Å². The number of ether oxygens (including phenoxy) is 2. The van der Waals surface area contributed by atoms with Crippen LogP contribution in [0.3, 0.4) is 0 Å². The highest BCUT2D eigenvalue weighted by Crippen LogP contribution is 2.48. The first-order chi connectivity index (χ1) is 18.8. The minimum Gasteiger partial charge on any atom is -0.450 e. The highest BCUT2D eigenvalue weighted by Gasteiger charge is 2.20. The molecule has 0 spiro atoms. The van der Waals surface area contributed by atoms with Crippen LogP contribution in [-0.2, 0) is 0 Å². The number of fused-ring (bicyclic) bond motifs is 7. The molecule has 2 heteroatoms. The van der Waals surface area contributed by atoms with Crippen LogP contribution in [-0.4, -0.2) is 0 Å². The van der Waals surface area contributed by atoms with Gasteiger partial charge in [0, 0.05) is 0 Å². The van der Waals surface area contributed by atoms with E-state index in [1.807, 2.05) is 30.3 Å². The van der Waals surface area contributed by atoms with Crippen LogP contribution in [0.5, 0.6) is 23.0 Å². The van der Waals surface area contributed by atoms with E-state index in [9.17, 15) is 0 Å². The van der Waals surface area contributed by atoms with Crippen LogP contribution in [0, 0.1) is 0 Å². The Morgan fingerprint density at radius 2 is 0.763 bits per heavy atom. The van der Waals surface area contributed by atoms with Gasteiger partial charge in [0.05, 0.1) is 0 Å². The van der Waals surface area contributed by atoms with Crippen molar-refractivity contribution in [3.63, 3.8) is 0 Å². The smallest absolute Gasteiger partial charge is 0.170 e. The molecule has 0 aliphatic carbocycles. The monoisotopic (exact) mass is 486 g/mol. The Morgan fingerprint density at radius 3 is 1.39 bits per heavy atom. The molecule has 0 radical (unpaired) electrons. The maximum Gasteiger partial charge on any atom is 0.170 e. The summed E-state index contributed by atoms with van der Waals surface area (Å²) < 4.78 is 12.4. The molecule has 0 amide bonds. The third-order valence-corrected chi connectivity index (χ3v) is 7.51. The molecule has 8 rings (SSSR count). The summed E-state index contributed by atoms with van der Waals surface area (Å²) in [6, 6.07) is 46.8. The Balaban J connectivity index is 1.40. The minimum atomic E-state index is 0.731. The second-order valence-corrected chi connectivity index (χ2v) is 9.71. The standard InChI is InChI=1S/C36H22O2/c1-2-10-23(11-3-1)29-21-31-28-15-7-5-13-26(28)30(22-32(31)27-14-6-4-12-25(27)29)24-18-19-35-36(20-24)38-34-17-9-8-16-33(34)37-35/h1-22H. The maximum absolute atomic E-state index is 6.25. The van der Waals surface area contributed by atoms with Crippen molar-refractivity contribution in [3.05, 3.63) is 133 Å². The molecule has 0 bridgehead atoms. The van der Waals surface area contributed by atoms with Gasteiger partial charge in [-0.25, -0.2) is 0 Å². The van der Waals surface area contributed by atoms with Gasteiger partial charge >= 0.3 is 0 Å². The van der Waals surface area contributed by atoms with E-state index in [-0.39, 0.29) is 0 Å². The summed E-state index contributed by atoms with van der Waals surface area (Å²) in [5.41, 5.74) is 4.76. The fourth-order valence-electron chi connectivity index (χ4n) is 5.74. The molecule has 178 valence electrons. The molecule has 0 N–H and O–H groups in total. The molecule has 0 fully saturated rings. The van der Waals surface area contributed by atoms with Gasteiger partial charge in [0.25, 0.3) is 0 Å². The van der Waals surface area contributed by atoms with E-state index >= 15 is 0 Å². The molecule has 0 saturated heterocycles. The van der Waals surface area contributed by atoms with Crippen LogP contribution < -0.4 is 9.47 Å². The summed E-state index contributed by atoms with van der Waals surface area (Å²) in [4.78, 5) is 0. The third-order valence-electron chi connectivity index (χ3n) is 7.51. The third kappa shape index (κ3) is 3.21. The SMILES string of the molecule is c1ccc(-c2cc3c4ccccc4c(-c4ccc5c(c4)Oc4ccccc4O5)cc3c3ccccc23)cc1. The lowest BCUT2D eigenvalue weighted by molar-refractivity contribution is 0.360. The Bertz CT molecular complexity index is 2020. The van der Waals surface area contributed by atoms with E-state index < -0.39 is 0 Å². The molecule has 1 heterocycles. The number of rotatable bonds is 2. The molecular formula is C36H22O2. The normalized spacial score (nSPS) is 12.1. The molecule has 1 aliphatic rings. The van der Waals surface area contributed by atoms with Crippen LogP contribution in [0.1, 0.15) is 0 Å². The van der Waals surface area contributed by atoms with Crippen LogP contribution >= 0.6 is 0 Å². The van der Waals surface area contributed by atoms with E-state index in [4.69, 9.17) is 9.47 Å². The number of para-hydroxylation sites is 2. The molecule has 7 aromatic rings. The quantitative estimate of drug-likeness (QED) is 0.226. The van der Waals surface area contributed by atoms with Crippen molar-refractivity contribution in [2.24, 2.45) is 0 Å². The molecule has 0 atom stereocenters. The molecule has 1 aliphatic heterocycles. The largest absolute Gasteiger partial charge is 0.450 e. The summed E-state index contributed by atoms with van der Waals surface area (Å²) in [5.74, 6) is 2.94. The Hall–Kier alpha value is -5.08. The fraction of sp³-hybridized carbons (Fsp3) is 0. The van der Waals surface area contributed by atoms with Gasteiger partial charge in [-0.05, 0) is 91.0 Å². The van der Waals surface area contributed by atoms with Crippen molar-refractivity contribution in [1.82, 2.24) is 0 Å². The number of hydrogen-bond donors (Lipinski definition) is 0. The lowest BCUT2D eigenvalue weighted by Gasteiger charge is -2.21. The molecule has 0 unspecified atom stereocenters. The van der Waals surface area contributed by atoms with Gasteiger partial charge < -0.3 is 9.47 Å². The van der Waals surface area contributed by atoms with Crippen LogP contribution in [0.2, 0.25) is 0 Å². The van der Waals surface area contributed by atoms with Crippen molar-refractivity contribution in [1.29, 1.82) is 0 Å². The summed E-state index contributed by atoms with van der Waals surface area (Å²) in [5, 5.41) is 7.46. The van der Waals surface area contributed by atoms with Gasteiger partial charge in [-0.15, -0.1) is 0 Å². The van der Waals surface area contributed by atoms with Crippen molar-refractivity contribution < 1.29 is 9.47 Å². The van der Waals surface area contributed by atoms with Crippen molar-refractivity contribution >= 4 is 32.3 Å². The first-order valence-corrected chi connectivity index (χ1v) is 12.9. The summed E-state index contributed by atoms with van der Waals surface area (Å²) in [6.45, 7) is 0. The zero-order chi connectivity index (χ0) is 25.1. The van der Waals surface area contributed by atoms with Crippen LogP contribution in [0.4, 0.5) is 0 Å². The molecule has 0 aromatic heterocycles. The van der Waals surface area contributed by atoms with Gasteiger partial charge in [-0.2, -0.15) is 0 Å². The van der Waals surface area contributed by atoms with Crippen LogP contribution in [0.15, 0.2) is 133 Å². The van der Waals surface area contributed by atoms with Gasteiger partial charge in [-0.1, -0.05) is 97.1 Å². The second kappa shape index (κ2) is 8.22. The predicted molar refractivity (Wildman–Crippen MR) is 156 cm³/mol. The highest BCUT2D eigenvalue weighted by molar-refractivity contribution is 6.23. The van der Waals surface area contributed by atoms with E-state index in [0.717, 1.165) is 28.6 Å². The average Bonchev–Trinajstić information content (AvgIpc) is 2.99. The second-order valence-electron chi connectivity index (χ2n) is 9.71. The number of benzene rings is 7. The fourth-order valence-corrected chi connectivity index (χ4v) is 5.74. The Kier molecular flexibility index (Phi) is 4.55. The Labute approximate surface area is 220 Å². The zero-order valence-electron chi connectivity index (χ0n) is 20.5. The summed E-state index contributed by atoms with van der Waals surface area (Å²) in [7, 11) is 0. The van der Waals surface area contributed by atoms with Gasteiger partial charge in [-0.3, -0.25) is 0 Å². The molecule has 2 nitrogen and oxygen atoms in total. The lowest BCUT2D eigenvalue weighted by atomic mass is 9.88. The highest BCUT2D eigenvalue weighted by atomic mass is 16.6. The predicted octanol–water partition coefficient (Wildman–Crippen LogP) is 10.4. The zero-order valence-corrected chi connectivity index (χ0v) is 20.5. The first-order valence-electron chi connectivity index (χ1n) is 12.9.